The van der Waals surface area contributed by atoms with Crippen LogP contribution in [0, 0.1) is 11.3 Å². The monoisotopic (exact) mass is 271 g/mol. The minimum absolute atomic E-state index is 0.346. The van der Waals surface area contributed by atoms with Gasteiger partial charge in [-0.15, -0.1) is 0 Å². The Hall–Kier alpha value is -1.77. The van der Waals surface area contributed by atoms with Gasteiger partial charge in [-0.25, -0.2) is 0 Å². The van der Waals surface area contributed by atoms with E-state index < -0.39 is 0 Å². The summed E-state index contributed by atoms with van der Waals surface area (Å²) in [5.41, 5.74) is 10.6. The number of nitrogens with one attached hydrogen (secondary N) is 1. The maximum atomic E-state index is 6.11. The summed E-state index contributed by atoms with van der Waals surface area (Å²) in [5, 5.41) is 2.92. The number of nitrogens with zero attached hydrogens (tertiary/aromatic N) is 1. The summed E-state index contributed by atoms with van der Waals surface area (Å²) < 4.78 is 0. The molecule has 1 atom stereocenters. The first-order valence-corrected chi connectivity index (χ1v) is 7.23. The Morgan fingerprint density at radius 2 is 2.20 bits per heavy atom. The van der Waals surface area contributed by atoms with Gasteiger partial charge in [0.1, 0.15) is 0 Å². The number of rotatable bonds is 3. The second-order valence-electron chi connectivity index (χ2n) is 6.58. The van der Waals surface area contributed by atoms with Crippen molar-refractivity contribution in [3.8, 4) is 0 Å². The fourth-order valence-corrected chi connectivity index (χ4v) is 2.77. The van der Waals surface area contributed by atoms with Crippen molar-refractivity contribution in [2.75, 3.05) is 5.73 Å². The zero-order valence-corrected chi connectivity index (χ0v) is 12.7. The maximum absolute atomic E-state index is 6.11. The van der Waals surface area contributed by atoms with Gasteiger partial charge in [-0.1, -0.05) is 27.4 Å². The van der Waals surface area contributed by atoms with Crippen LogP contribution in [0.15, 0.2) is 25.0 Å². The van der Waals surface area contributed by atoms with Gasteiger partial charge < -0.3 is 11.1 Å². The van der Waals surface area contributed by atoms with Crippen LogP contribution in [-0.4, -0.2) is 4.98 Å². The third-order valence-electron chi connectivity index (χ3n) is 4.13. The molecule has 1 aliphatic carbocycles. The van der Waals surface area contributed by atoms with Crippen molar-refractivity contribution >= 4 is 11.8 Å². The first-order chi connectivity index (χ1) is 9.41. The molecule has 0 saturated heterocycles. The highest BCUT2D eigenvalue weighted by Crippen LogP contribution is 2.37. The molecule has 3 nitrogen and oxygen atoms in total. The third-order valence-corrected chi connectivity index (χ3v) is 4.13. The molecule has 2 rings (SSSR count). The molecule has 1 aromatic heterocycles. The van der Waals surface area contributed by atoms with E-state index >= 15 is 0 Å². The predicted octanol–water partition coefficient (Wildman–Crippen LogP) is 3.52. The lowest BCUT2D eigenvalue weighted by molar-refractivity contribution is 0.215. The van der Waals surface area contributed by atoms with Crippen LogP contribution < -0.4 is 11.1 Å². The Bertz CT molecular complexity index is 524. The highest BCUT2D eigenvalue weighted by molar-refractivity contribution is 5.62. The molecule has 1 heterocycles. The molecule has 3 heteroatoms. The van der Waals surface area contributed by atoms with Crippen molar-refractivity contribution in [3.63, 3.8) is 0 Å². The average molecular weight is 271 g/mol. The number of aromatic nitrogens is 1. The molecular formula is C17H25N3. The summed E-state index contributed by atoms with van der Waals surface area (Å²) in [7, 11) is 0. The van der Waals surface area contributed by atoms with Gasteiger partial charge in [0.2, 0.25) is 0 Å². The van der Waals surface area contributed by atoms with E-state index in [1.807, 2.05) is 6.08 Å². The number of pyridine rings is 1. The number of nitrogen functional groups attached to an aromatic ring is 1. The van der Waals surface area contributed by atoms with E-state index in [9.17, 15) is 0 Å². The lowest BCUT2D eigenvalue weighted by Gasteiger charge is -2.34. The summed E-state index contributed by atoms with van der Waals surface area (Å²) in [6, 6.07) is 2.10. The van der Waals surface area contributed by atoms with E-state index in [1.165, 1.54) is 17.7 Å². The maximum Gasteiger partial charge on any atom is 0.0876 e. The molecule has 0 aliphatic heterocycles. The normalized spacial score (nSPS) is 18.9. The van der Waals surface area contributed by atoms with Crippen molar-refractivity contribution in [2.45, 2.75) is 40.0 Å². The fraction of sp³-hybridized carbons (Fsp3) is 0.471. The van der Waals surface area contributed by atoms with Crippen molar-refractivity contribution in [3.05, 3.63) is 42.0 Å². The SMILES string of the molecule is C=CN/C=C/c1nc2c(cc1N)CC(C(C)(C)C)CC2. The Morgan fingerprint density at radius 3 is 2.85 bits per heavy atom. The van der Waals surface area contributed by atoms with Gasteiger partial charge in [0.05, 0.1) is 11.4 Å². The van der Waals surface area contributed by atoms with Crippen LogP contribution in [0.1, 0.15) is 44.1 Å². The van der Waals surface area contributed by atoms with E-state index in [-0.39, 0.29) is 0 Å². The Balaban J connectivity index is 2.24. The largest absolute Gasteiger partial charge is 0.397 e. The van der Waals surface area contributed by atoms with E-state index in [0.717, 1.165) is 24.2 Å². The molecule has 0 fully saturated rings. The van der Waals surface area contributed by atoms with E-state index in [2.05, 4.69) is 38.7 Å². The van der Waals surface area contributed by atoms with Crippen LogP contribution in [-0.2, 0) is 12.8 Å². The van der Waals surface area contributed by atoms with E-state index in [4.69, 9.17) is 10.7 Å². The molecule has 1 aliphatic rings. The number of hydrogen-bond donors (Lipinski definition) is 2. The molecule has 0 bridgehead atoms. The summed E-state index contributed by atoms with van der Waals surface area (Å²) in [6.07, 6.45) is 8.67. The van der Waals surface area contributed by atoms with Crippen LogP contribution >= 0.6 is 0 Å². The predicted molar refractivity (Wildman–Crippen MR) is 86.0 cm³/mol. The molecule has 20 heavy (non-hydrogen) atoms. The van der Waals surface area contributed by atoms with Gasteiger partial charge in [0.25, 0.3) is 0 Å². The molecule has 1 unspecified atom stereocenters. The standard InChI is InChI=1S/C17H25N3/c1-5-19-9-8-16-14(18)11-12-10-13(17(2,3)4)6-7-15(12)20-16/h5,8-9,11,13,19H,1,6-7,10,18H2,2-4H3/b9-8+. The molecule has 108 valence electrons. The Labute approximate surface area is 122 Å². The minimum Gasteiger partial charge on any atom is -0.397 e. The van der Waals surface area contributed by atoms with Gasteiger partial charge in [0.15, 0.2) is 0 Å². The minimum atomic E-state index is 0.346. The quantitative estimate of drug-likeness (QED) is 0.884. The summed E-state index contributed by atoms with van der Waals surface area (Å²) in [6.45, 7) is 10.6. The fourth-order valence-electron chi connectivity index (χ4n) is 2.77. The number of aryl methyl sites for hydroxylation is 1. The van der Waals surface area contributed by atoms with Gasteiger partial charge in [-0.05, 0) is 54.5 Å². The summed E-state index contributed by atoms with van der Waals surface area (Å²) in [5.74, 6) is 0.708. The molecular weight excluding hydrogens is 246 g/mol. The first-order valence-electron chi connectivity index (χ1n) is 7.23. The molecule has 0 amide bonds. The summed E-state index contributed by atoms with van der Waals surface area (Å²) in [4.78, 5) is 4.72. The van der Waals surface area contributed by atoms with Crippen LogP contribution in [0.2, 0.25) is 0 Å². The van der Waals surface area contributed by atoms with Crippen molar-refractivity contribution in [2.24, 2.45) is 11.3 Å². The number of fused-ring (bicyclic) bond motifs is 1. The Morgan fingerprint density at radius 1 is 1.45 bits per heavy atom. The van der Waals surface area contributed by atoms with Crippen molar-refractivity contribution in [1.29, 1.82) is 0 Å². The van der Waals surface area contributed by atoms with Crippen LogP contribution in [0.5, 0.6) is 0 Å². The van der Waals surface area contributed by atoms with Crippen LogP contribution in [0.3, 0.4) is 0 Å². The molecule has 0 aromatic carbocycles. The molecule has 0 saturated carbocycles. The van der Waals surface area contributed by atoms with Gasteiger partial charge in [-0.2, -0.15) is 0 Å². The third kappa shape index (κ3) is 3.21. The summed E-state index contributed by atoms with van der Waals surface area (Å²) >= 11 is 0. The first kappa shape index (κ1) is 14.6. The van der Waals surface area contributed by atoms with E-state index in [1.54, 1.807) is 12.4 Å². The second kappa shape index (κ2) is 5.70. The highest BCUT2D eigenvalue weighted by atomic mass is 14.8. The number of hydrogen-bond acceptors (Lipinski definition) is 3. The lowest BCUT2D eigenvalue weighted by atomic mass is 9.71. The van der Waals surface area contributed by atoms with Crippen molar-refractivity contribution in [1.82, 2.24) is 10.3 Å². The highest BCUT2D eigenvalue weighted by Gasteiger charge is 2.29. The van der Waals surface area contributed by atoms with Crippen LogP contribution in [0.4, 0.5) is 5.69 Å². The van der Waals surface area contributed by atoms with Gasteiger partial charge >= 0.3 is 0 Å². The molecule has 1 aromatic rings. The second-order valence-corrected chi connectivity index (χ2v) is 6.58. The Kier molecular flexibility index (Phi) is 4.17. The number of anilines is 1. The number of nitrogens with two attached hydrogens (primary N) is 1. The topological polar surface area (TPSA) is 50.9 Å². The molecule has 3 N–H and O–H groups in total. The van der Waals surface area contributed by atoms with Crippen molar-refractivity contribution < 1.29 is 0 Å². The smallest absolute Gasteiger partial charge is 0.0876 e. The van der Waals surface area contributed by atoms with Gasteiger partial charge in [0, 0.05) is 11.9 Å². The molecule has 0 spiro atoms. The molecule has 0 radical (unpaired) electrons. The average Bonchev–Trinajstić information content (AvgIpc) is 2.38. The van der Waals surface area contributed by atoms with Gasteiger partial charge in [-0.3, -0.25) is 4.98 Å². The zero-order valence-electron chi connectivity index (χ0n) is 12.7. The zero-order chi connectivity index (χ0) is 14.8. The van der Waals surface area contributed by atoms with E-state index in [0.29, 0.717) is 11.3 Å². The van der Waals surface area contributed by atoms with Crippen LogP contribution in [0.25, 0.3) is 6.08 Å². The lowest BCUT2D eigenvalue weighted by Crippen LogP contribution is -2.27.